The SMILES string of the molecule is COc1ccc2cc(C(C)C(=O)N3CCCc4c(N)cccc43)ccc2c1.Cl. The molecular formula is C23H25ClN2O2. The van der Waals surface area contributed by atoms with Crippen LogP contribution in [-0.4, -0.2) is 19.6 Å². The normalized spacial score (nSPS) is 14.1. The lowest BCUT2D eigenvalue weighted by atomic mass is 9.94. The molecule has 28 heavy (non-hydrogen) atoms. The fourth-order valence-corrected chi connectivity index (χ4v) is 3.90. The number of fused-ring (bicyclic) bond motifs is 2. The Balaban J connectivity index is 0.00000225. The van der Waals surface area contributed by atoms with E-state index in [1.54, 1.807) is 7.11 Å². The Labute approximate surface area is 171 Å². The summed E-state index contributed by atoms with van der Waals surface area (Å²) < 4.78 is 5.29. The van der Waals surface area contributed by atoms with Crippen molar-refractivity contribution >= 4 is 40.5 Å². The van der Waals surface area contributed by atoms with Crippen LogP contribution in [0, 0.1) is 0 Å². The molecule has 0 aliphatic carbocycles. The predicted molar refractivity (Wildman–Crippen MR) is 118 cm³/mol. The van der Waals surface area contributed by atoms with Gasteiger partial charge in [0.25, 0.3) is 0 Å². The molecule has 0 spiro atoms. The highest BCUT2D eigenvalue weighted by Crippen LogP contribution is 2.34. The van der Waals surface area contributed by atoms with E-state index >= 15 is 0 Å². The molecule has 146 valence electrons. The first kappa shape index (κ1) is 20.0. The topological polar surface area (TPSA) is 55.6 Å². The molecule has 0 saturated carbocycles. The van der Waals surface area contributed by atoms with E-state index in [0.717, 1.165) is 58.4 Å². The number of hydrogen-bond acceptors (Lipinski definition) is 3. The smallest absolute Gasteiger partial charge is 0.234 e. The molecule has 5 heteroatoms. The van der Waals surface area contributed by atoms with Crippen LogP contribution in [0.1, 0.15) is 30.4 Å². The fourth-order valence-electron chi connectivity index (χ4n) is 3.90. The highest BCUT2D eigenvalue weighted by molar-refractivity contribution is 6.00. The van der Waals surface area contributed by atoms with Gasteiger partial charge in [0.2, 0.25) is 5.91 Å². The Morgan fingerprint density at radius 3 is 2.64 bits per heavy atom. The third kappa shape index (κ3) is 3.52. The van der Waals surface area contributed by atoms with E-state index in [-0.39, 0.29) is 24.2 Å². The van der Waals surface area contributed by atoms with Gasteiger partial charge in [-0.05, 0) is 65.9 Å². The molecule has 1 unspecified atom stereocenters. The highest BCUT2D eigenvalue weighted by Gasteiger charge is 2.28. The number of nitrogens with zero attached hydrogens (tertiary/aromatic N) is 1. The number of anilines is 2. The van der Waals surface area contributed by atoms with Crippen molar-refractivity contribution in [2.75, 3.05) is 24.3 Å². The lowest BCUT2D eigenvalue weighted by Crippen LogP contribution is -2.38. The van der Waals surface area contributed by atoms with Gasteiger partial charge in [0.1, 0.15) is 5.75 Å². The zero-order valence-electron chi connectivity index (χ0n) is 16.1. The highest BCUT2D eigenvalue weighted by atomic mass is 35.5. The van der Waals surface area contributed by atoms with Crippen LogP contribution in [0.4, 0.5) is 11.4 Å². The zero-order valence-corrected chi connectivity index (χ0v) is 17.0. The number of halogens is 1. The molecule has 1 aliphatic rings. The van der Waals surface area contributed by atoms with Crippen molar-refractivity contribution in [2.45, 2.75) is 25.7 Å². The number of carbonyl (C=O) groups excluding carboxylic acids is 1. The largest absolute Gasteiger partial charge is 0.497 e. The van der Waals surface area contributed by atoms with Crippen LogP contribution >= 0.6 is 12.4 Å². The third-order valence-electron chi connectivity index (χ3n) is 5.49. The van der Waals surface area contributed by atoms with Crippen LogP contribution in [0.5, 0.6) is 5.75 Å². The molecule has 0 aromatic heterocycles. The summed E-state index contributed by atoms with van der Waals surface area (Å²) in [4.78, 5) is 15.2. The standard InChI is InChI=1S/C23H24N2O2.ClH/c1-15(16-8-9-18-14-19(27-2)11-10-17(18)13-16)23(26)25-12-4-5-20-21(24)6-3-7-22(20)25;/h3,6-11,13-15H,4-5,12,24H2,1-2H3;1H. The minimum atomic E-state index is -0.219. The van der Waals surface area contributed by atoms with E-state index in [2.05, 4.69) is 12.1 Å². The summed E-state index contributed by atoms with van der Waals surface area (Å²) in [5, 5.41) is 2.21. The molecule has 3 aromatic rings. The summed E-state index contributed by atoms with van der Waals surface area (Å²) in [6.45, 7) is 2.72. The third-order valence-corrected chi connectivity index (χ3v) is 5.49. The van der Waals surface area contributed by atoms with Gasteiger partial charge in [-0.25, -0.2) is 0 Å². The second kappa shape index (κ2) is 8.11. The molecule has 3 aromatic carbocycles. The van der Waals surface area contributed by atoms with Crippen molar-refractivity contribution in [2.24, 2.45) is 0 Å². The molecule has 0 radical (unpaired) electrons. The lowest BCUT2D eigenvalue weighted by molar-refractivity contribution is -0.119. The Morgan fingerprint density at radius 1 is 1.11 bits per heavy atom. The van der Waals surface area contributed by atoms with Crippen LogP contribution in [0.25, 0.3) is 10.8 Å². The van der Waals surface area contributed by atoms with Gasteiger partial charge in [0.05, 0.1) is 13.0 Å². The number of carbonyl (C=O) groups is 1. The van der Waals surface area contributed by atoms with Gasteiger partial charge in [-0.15, -0.1) is 12.4 Å². The van der Waals surface area contributed by atoms with Crippen LogP contribution in [0.2, 0.25) is 0 Å². The first-order chi connectivity index (χ1) is 13.1. The van der Waals surface area contributed by atoms with Crippen molar-refractivity contribution in [1.29, 1.82) is 0 Å². The minimum Gasteiger partial charge on any atom is -0.497 e. The van der Waals surface area contributed by atoms with Crippen LogP contribution in [0.15, 0.2) is 54.6 Å². The van der Waals surface area contributed by atoms with Crippen LogP contribution in [-0.2, 0) is 11.2 Å². The number of rotatable bonds is 3. The molecular weight excluding hydrogens is 372 g/mol. The Kier molecular flexibility index (Phi) is 5.80. The average Bonchev–Trinajstić information content (AvgIpc) is 2.72. The first-order valence-corrected chi connectivity index (χ1v) is 9.35. The Hall–Kier alpha value is -2.72. The Bertz CT molecular complexity index is 1020. The Morgan fingerprint density at radius 2 is 1.86 bits per heavy atom. The predicted octanol–water partition coefficient (Wildman–Crippen LogP) is 4.94. The van der Waals surface area contributed by atoms with E-state index in [1.807, 2.05) is 54.3 Å². The van der Waals surface area contributed by atoms with Crippen molar-refractivity contribution in [1.82, 2.24) is 0 Å². The number of amides is 1. The van der Waals surface area contributed by atoms with Crippen molar-refractivity contribution < 1.29 is 9.53 Å². The summed E-state index contributed by atoms with van der Waals surface area (Å²) in [5.74, 6) is 0.736. The molecule has 0 fully saturated rings. The van der Waals surface area contributed by atoms with Crippen LogP contribution < -0.4 is 15.4 Å². The molecule has 1 amide bonds. The molecule has 2 N–H and O–H groups in total. The van der Waals surface area contributed by atoms with Gasteiger partial charge < -0.3 is 15.4 Å². The van der Waals surface area contributed by atoms with Gasteiger partial charge in [-0.2, -0.15) is 0 Å². The van der Waals surface area contributed by atoms with Gasteiger partial charge >= 0.3 is 0 Å². The molecule has 4 rings (SSSR count). The van der Waals surface area contributed by atoms with Crippen molar-refractivity contribution in [3.05, 3.63) is 65.7 Å². The van der Waals surface area contributed by atoms with Crippen molar-refractivity contribution in [3.63, 3.8) is 0 Å². The monoisotopic (exact) mass is 396 g/mol. The number of nitrogen functional groups attached to an aromatic ring is 1. The average molecular weight is 397 g/mol. The number of benzene rings is 3. The van der Waals surface area contributed by atoms with Crippen molar-refractivity contribution in [3.8, 4) is 5.75 Å². The summed E-state index contributed by atoms with van der Waals surface area (Å²) in [5.41, 5.74) is 9.98. The number of ether oxygens (including phenoxy) is 1. The second-order valence-electron chi connectivity index (χ2n) is 7.13. The van der Waals surface area contributed by atoms with E-state index in [0.29, 0.717) is 0 Å². The summed E-state index contributed by atoms with van der Waals surface area (Å²) in [6.07, 6.45) is 1.87. The molecule has 1 aliphatic heterocycles. The quantitative estimate of drug-likeness (QED) is 0.638. The molecule has 4 nitrogen and oxygen atoms in total. The molecule has 1 heterocycles. The number of nitrogens with two attached hydrogens (primary N) is 1. The van der Waals surface area contributed by atoms with E-state index < -0.39 is 0 Å². The van der Waals surface area contributed by atoms with Gasteiger partial charge in [-0.1, -0.05) is 30.3 Å². The van der Waals surface area contributed by atoms with E-state index in [9.17, 15) is 4.79 Å². The minimum absolute atomic E-state index is 0. The first-order valence-electron chi connectivity index (χ1n) is 9.35. The molecule has 0 bridgehead atoms. The zero-order chi connectivity index (χ0) is 19.0. The maximum atomic E-state index is 13.3. The molecule has 0 saturated heterocycles. The van der Waals surface area contributed by atoms with E-state index in [1.165, 1.54) is 0 Å². The maximum absolute atomic E-state index is 13.3. The molecule has 1 atom stereocenters. The second-order valence-corrected chi connectivity index (χ2v) is 7.13. The number of hydrogen-bond donors (Lipinski definition) is 1. The van der Waals surface area contributed by atoms with Gasteiger partial charge in [0.15, 0.2) is 0 Å². The fraction of sp³-hybridized carbons (Fsp3) is 0.261. The lowest BCUT2D eigenvalue weighted by Gasteiger charge is -2.32. The van der Waals surface area contributed by atoms with Gasteiger partial charge in [0, 0.05) is 17.9 Å². The summed E-state index contributed by atoms with van der Waals surface area (Å²) in [7, 11) is 1.67. The van der Waals surface area contributed by atoms with Gasteiger partial charge in [-0.3, -0.25) is 4.79 Å². The van der Waals surface area contributed by atoms with E-state index in [4.69, 9.17) is 10.5 Å². The van der Waals surface area contributed by atoms with Crippen LogP contribution in [0.3, 0.4) is 0 Å². The maximum Gasteiger partial charge on any atom is 0.234 e. The summed E-state index contributed by atoms with van der Waals surface area (Å²) in [6, 6.07) is 18.0. The summed E-state index contributed by atoms with van der Waals surface area (Å²) >= 11 is 0. The number of methoxy groups -OCH3 is 1.